The molecule has 3 rings (SSSR count). The number of pyridine rings is 1. The summed E-state index contributed by atoms with van der Waals surface area (Å²) >= 11 is 0. The van der Waals surface area contributed by atoms with Gasteiger partial charge in [-0.2, -0.15) is 5.10 Å². The van der Waals surface area contributed by atoms with Gasteiger partial charge in [0, 0.05) is 18.0 Å². The number of carbonyl (C=O) groups excluding carboxylic acids is 2. The number of ether oxygens (including phenoxy) is 2. The Hall–Kier alpha value is -4.00. The van der Waals surface area contributed by atoms with Crippen LogP contribution in [0.5, 0.6) is 11.5 Å². The first-order valence-corrected chi connectivity index (χ1v) is 8.36. The highest BCUT2D eigenvalue weighted by Crippen LogP contribution is 2.28. The molecule has 140 valence electrons. The van der Waals surface area contributed by atoms with E-state index in [-0.39, 0.29) is 11.7 Å². The SMILES string of the molecule is COc1cc(/C=N\NC(=O)c2ccccc2)ccc1OC(=O)c1cccnc1. The van der Waals surface area contributed by atoms with Crippen molar-refractivity contribution in [2.45, 2.75) is 0 Å². The van der Waals surface area contributed by atoms with Crippen LogP contribution in [0.3, 0.4) is 0 Å². The van der Waals surface area contributed by atoms with Crippen LogP contribution < -0.4 is 14.9 Å². The number of rotatable bonds is 6. The molecule has 0 spiro atoms. The fraction of sp³-hybridized carbons (Fsp3) is 0.0476. The van der Waals surface area contributed by atoms with E-state index in [4.69, 9.17) is 9.47 Å². The average Bonchev–Trinajstić information content (AvgIpc) is 2.75. The molecule has 1 heterocycles. The molecule has 0 atom stereocenters. The standard InChI is InChI=1S/C21H17N3O4/c1-27-19-12-15(13-23-24-20(25)16-6-3-2-4-7-16)9-10-18(19)28-21(26)17-8-5-11-22-14-17/h2-14H,1H3,(H,24,25)/b23-13-. The van der Waals surface area contributed by atoms with E-state index in [0.29, 0.717) is 22.4 Å². The Kier molecular flexibility index (Phi) is 6.10. The van der Waals surface area contributed by atoms with E-state index in [1.807, 2.05) is 6.07 Å². The summed E-state index contributed by atoms with van der Waals surface area (Å²) in [6, 6.07) is 16.9. The van der Waals surface area contributed by atoms with Crippen molar-refractivity contribution in [1.29, 1.82) is 0 Å². The van der Waals surface area contributed by atoms with Crippen LogP contribution in [0.15, 0.2) is 78.2 Å². The summed E-state index contributed by atoms with van der Waals surface area (Å²) in [4.78, 5) is 28.0. The van der Waals surface area contributed by atoms with Crippen molar-refractivity contribution >= 4 is 18.1 Å². The molecule has 1 aromatic heterocycles. The number of hydrazone groups is 1. The second-order valence-electron chi connectivity index (χ2n) is 5.61. The van der Waals surface area contributed by atoms with Crippen LogP contribution in [0.25, 0.3) is 0 Å². The zero-order chi connectivity index (χ0) is 19.8. The van der Waals surface area contributed by atoms with Gasteiger partial charge in [-0.15, -0.1) is 0 Å². The quantitative estimate of drug-likeness (QED) is 0.309. The topological polar surface area (TPSA) is 89.9 Å². The zero-order valence-corrected chi connectivity index (χ0v) is 15.0. The molecule has 7 heteroatoms. The molecule has 7 nitrogen and oxygen atoms in total. The molecule has 28 heavy (non-hydrogen) atoms. The first-order chi connectivity index (χ1) is 13.7. The van der Waals surface area contributed by atoms with Gasteiger partial charge in [-0.05, 0) is 48.0 Å². The van der Waals surface area contributed by atoms with Crippen molar-refractivity contribution in [2.24, 2.45) is 5.10 Å². The number of nitrogens with zero attached hydrogens (tertiary/aromatic N) is 2. The second-order valence-corrected chi connectivity index (χ2v) is 5.61. The lowest BCUT2D eigenvalue weighted by Gasteiger charge is -2.09. The van der Waals surface area contributed by atoms with Gasteiger partial charge in [-0.1, -0.05) is 18.2 Å². The average molecular weight is 375 g/mol. The van der Waals surface area contributed by atoms with Gasteiger partial charge >= 0.3 is 5.97 Å². The van der Waals surface area contributed by atoms with Crippen LogP contribution >= 0.6 is 0 Å². The molecule has 0 saturated carbocycles. The third-order valence-corrected chi connectivity index (χ3v) is 3.70. The lowest BCUT2D eigenvalue weighted by Crippen LogP contribution is -2.17. The Bertz CT molecular complexity index is 989. The van der Waals surface area contributed by atoms with Gasteiger partial charge in [0.25, 0.3) is 5.91 Å². The molecule has 0 unspecified atom stereocenters. The lowest BCUT2D eigenvalue weighted by atomic mass is 10.2. The maximum atomic E-state index is 12.2. The van der Waals surface area contributed by atoms with E-state index in [9.17, 15) is 9.59 Å². The number of hydrogen-bond donors (Lipinski definition) is 1. The molecule has 0 fully saturated rings. The number of nitrogens with one attached hydrogen (secondary N) is 1. The summed E-state index contributed by atoms with van der Waals surface area (Å²) in [7, 11) is 1.47. The Balaban J connectivity index is 1.67. The number of methoxy groups -OCH3 is 1. The molecular formula is C21H17N3O4. The van der Waals surface area contributed by atoms with Crippen molar-refractivity contribution in [2.75, 3.05) is 7.11 Å². The number of aromatic nitrogens is 1. The highest BCUT2D eigenvalue weighted by atomic mass is 16.6. The van der Waals surface area contributed by atoms with Crippen LogP contribution in [-0.4, -0.2) is 30.2 Å². The molecule has 0 saturated heterocycles. The number of hydrogen-bond acceptors (Lipinski definition) is 6. The minimum Gasteiger partial charge on any atom is -0.493 e. The number of benzene rings is 2. The maximum absolute atomic E-state index is 12.2. The highest BCUT2D eigenvalue weighted by molar-refractivity contribution is 5.95. The van der Waals surface area contributed by atoms with Gasteiger partial charge in [-0.25, -0.2) is 10.2 Å². The molecule has 0 aliphatic heterocycles. The Morgan fingerprint density at radius 1 is 1.00 bits per heavy atom. The summed E-state index contributed by atoms with van der Waals surface area (Å²) in [6.07, 6.45) is 4.46. The zero-order valence-electron chi connectivity index (χ0n) is 15.0. The summed E-state index contributed by atoms with van der Waals surface area (Å²) in [5.41, 5.74) is 3.95. The number of amides is 1. The number of carbonyl (C=O) groups is 2. The van der Waals surface area contributed by atoms with Gasteiger partial charge in [-0.3, -0.25) is 9.78 Å². The minimum atomic E-state index is -0.539. The second kappa shape index (κ2) is 9.09. The van der Waals surface area contributed by atoms with Crippen LogP contribution in [-0.2, 0) is 0 Å². The van der Waals surface area contributed by atoms with Crippen molar-refractivity contribution in [3.63, 3.8) is 0 Å². The van der Waals surface area contributed by atoms with E-state index >= 15 is 0 Å². The van der Waals surface area contributed by atoms with E-state index in [0.717, 1.165) is 0 Å². The molecular weight excluding hydrogens is 358 g/mol. The third-order valence-electron chi connectivity index (χ3n) is 3.70. The summed E-state index contributed by atoms with van der Waals surface area (Å²) in [5.74, 6) is -0.230. The monoisotopic (exact) mass is 375 g/mol. The van der Waals surface area contributed by atoms with E-state index in [1.54, 1.807) is 60.8 Å². The van der Waals surface area contributed by atoms with Gasteiger partial charge in [0.15, 0.2) is 11.5 Å². The molecule has 0 aliphatic carbocycles. The fourth-order valence-electron chi connectivity index (χ4n) is 2.31. The van der Waals surface area contributed by atoms with Crippen molar-refractivity contribution < 1.29 is 19.1 Å². The number of esters is 1. The normalized spacial score (nSPS) is 10.5. The molecule has 1 N–H and O–H groups in total. The fourth-order valence-corrected chi connectivity index (χ4v) is 2.31. The highest BCUT2D eigenvalue weighted by Gasteiger charge is 2.12. The van der Waals surface area contributed by atoms with Crippen molar-refractivity contribution in [3.8, 4) is 11.5 Å². The smallest absolute Gasteiger partial charge is 0.345 e. The van der Waals surface area contributed by atoms with E-state index < -0.39 is 5.97 Å². The van der Waals surface area contributed by atoms with Gasteiger partial charge in [0.05, 0.1) is 18.9 Å². The van der Waals surface area contributed by atoms with E-state index in [1.165, 1.54) is 19.5 Å². The van der Waals surface area contributed by atoms with Gasteiger partial charge < -0.3 is 9.47 Å². The Morgan fingerprint density at radius 3 is 2.50 bits per heavy atom. The Morgan fingerprint density at radius 2 is 1.79 bits per heavy atom. The largest absolute Gasteiger partial charge is 0.493 e. The first-order valence-electron chi connectivity index (χ1n) is 8.36. The van der Waals surface area contributed by atoms with Crippen LogP contribution in [0.1, 0.15) is 26.3 Å². The van der Waals surface area contributed by atoms with E-state index in [2.05, 4.69) is 15.5 Å². The molecule has 2 aromatic carbocycles. The van der Waals surface area contributed by atoms with Crippen LogP contribution in [0.4, 0.5) is 0 Å². The summed E-state index contributed by atoms with van der Waals surface area (Å²) in [5, 5.41) is 3.94. The van der Waals surface area contributed by atoms with Crippen LogP contribution in [0, 0.1) is 0 Å². The van der Waals surface area contributed by atoms with Gasteiger partial charge in [0.2, 0.25) is 0 Å². The van der Waals surface area contributed by atoms with Crippen LogP contribution in [0.2, 0.25) is 0 Å². The predicted molar refractivity (Wildman–Crippen MR) is 104 cm³/mol. The van der Waals surface area contributed by atoms with Crippen molar-refractivity contribution in [1.82, 2.24) is 10.4 Å². The summed E-state index contributed by atoms with van der Waals surface area (Å²) < 4.78 is 10.6. The molecule has 0 bridgehead atoms. The Labute approximate surface area is 161 Å². The first kappa shape index (κ1) is 18.8. The van der Waals surface area contributed by atoms with Gasteiger partial charge in [0.1, 0.15) is 0 Å². The summed E-state index contributed by atoms with van der Waals surface area (Å²) in [6.45, 7) is 0. The van der Waals surface area contributed by atoms with Crippen molar-refractivity contribution in [3.05, 3.63) is 89.7 Å². The molecule has 0 aliphatic rings. The molecule has 1 amide bonds. The molecule has 0 radical (unpaired) electrons. The molecule has 3 aromatic rings. The lowest BCUT2D eigenvalue weighted by molar-refractivity contribution is 0.0729. The predicted octanol–water partition coefficient (Wildman–Crippen LogP) is 3.07. The third kappa shape index (κ3) is 4.79. The minimum absolute atomic E-state index is 0.266. The maximum Gasteiger partial charge on any atom is 0.345 e.